The lowest BCUT2D eigenvalue weighted by Crippen LogP contribution is -2.14. The Labute approximate surface area is 104 Å². The molecule has 0 aliphatic rings. The smallest absolute Gasteiger partial charge is 0.0617 e. The Bertz CT molecular complexity index is 298. The van der Waals surface area contributed by atoms with Crippen LogP contribution in [0, 0.1) is 0 Å². The Morgan fingerprint density at radius 1 is 1.29 bits per heavy atom. The van der Waals surface area contributed by atoms with Crippen molar-refractivity contribution >= 4 is 0 Å². The molecule has 0 bridgehead atoms. The van der Waals surface area contributed by atoms with Gasteiger partial charge in [0.2, 0.25) is 0 Å². The molecule has 1 aromatic rings. The van der Waals surface area contributed by atoms with E-state index in [1.54, 1.807) is 0 Å². The topological polar surface area (TPSA) is 42.4 Å². The third kappa shape index (κ3) is 5.80. The van der Waals surface area contributed by atoms with E-state index in [9.17, 15) is 5.11 Å². The summed E-state index contributed by atoms with van der Waals surface area (Å²) in [6.45, 7) is 5.59. The molecule has 0 saturated heterocycles. The molecule has 0 aliphatic heterocycles. The highest BCUT2D eigenvalue weighted by Crippen LogP contribution is 2.06. The zero-order valence-electron chi connectivity index (χ0n) is 10.9. The van der Waals surface area contributed by atoms with E-state index in [1.807, 2.05) is 12.3 Å². The minimum atomic E-state index is -0.355. The van der Waals surface area contributed by atoms with Gasteiger partial charge in [-0.1, -0.05) is 19.9 Å². The van der Waals surface area contributed by atoms with E-state index in [-0.39, 0.29) is 6.10 Å². The second-order valence-corrected chi connectivity index (χ2v) is 4.27. The van der Waals surface area contributed by atoms with E-state index in [4.69, 9.17) is 4.74 Å². The molecule has 3 nitrogen and oxygen atoms in total. The van der Waals surface area contributed by atoms with Crippen molar-refractivity contribution in [2.75, 3.05) is 13.2 Å². The van der Waals surface area contributed by atoms with Gasteiger partial charge < -0.3 is 9.84 Å². The first kappa shape index (κ1) is 14.1. The largest absolute Gasteiger partial charge is 0.393 e. The summed E-state index contributed by atoms with van der Waals surface area (Å²) in [7, 11) is 0. The van der Waals surface area contributed by atoms with Gasteiger partial charge in [0.05, 0.1) is 6.10 Å². The van der Waals surface area contributed by atoms with E-state index in [0.717, 1.165) is 25.1 Å². The van der Waals surface area contributed by atoms with E-state index < -0.39 is 0 Å². The number of aliphatic hydroxyl groups excluding tert-OH is 1. The Morgan fingerprint density at radius 2 is 2.12 bits per heavy atom. The van der Waals surface area contributed by atoms with Crippen molar-refractivity contribution in [2.45, 2.75) is 45.6 Å². The van der Waals surface area contributed by atoms with Crippen LogP contribution in [0.5, 0.6) is 0 Å². The molecule has 1 rings (SSSR count). The predicted molar refractivity (Wildman–Crippen MR) is 69.1 cm³/mol. The monoisotopic (exact) mass is 237 g/mol. The van der Waals surface area contributed by atoms with Crippen molar-refractivity contribution in [2.24, 2.45) is 0 Å². The van der Waals surface area contributed by atoms with Crippen molar-refractivity contribution in [3.63, 3.8) is 0 Å². The summed E-state index contributed by atoms with van der Waals surface area (Å²) in [6, 6.07) is 4.07. The van der Waals surface area contributed by atoms with Gasteiger partial charge in [-0.05, 0) is 30.9 Å². The molecule has 0 aromatic carbocycles. The maximum Gasteiger partial charge on any atom is 0.0617 e. The molecule has 1 unspecified atom stereocenters. The summed E-state index contributed by atoms with van der Waals surface area (Å²) in [5.41, 5.74) is 2.18. The van der Waals surface area contributed by atoms with Crippen LogP contribution in [-0.2, 0) is 17.6 Å². The van der Waals surface area contributed by atoms with Crippen molar-refractivity contribution in [3.8, 4) is 0 Å². The second-order valence-electron chi connectivity index (χ2n) is 4.27. The summed E-state index contributed by atoms with van der Waals surface area (Å²) >= 11 is 0. The molecule has 0 fully saturated rings. The molecule has 96 valence electrons. The minimum absolute atomic E-state index is 0.355. The Kier molecular flexibility index (Phi) is 6.82. The number of aryl methyl sites for hydroxylation is 1. The lowest BCUT2D eigenvalue weighted by atomic mass is 10.1. The van der Waals surface area contributed by atoms with Gasteiger partial charge >= 0.3 is 0 Å². The molecule has 0 amide bonds. The van der Waals surface area contributed by atoms with Crippen LogP contribution in [0.15, 0.2) is 18.3 Å². The maximum atomic E-state index is 9.81. The van der Waals surface area contributed by atoms with Gasteiger partial charge in [0, 0.05) is 31.5 Å². The third-order valence-corrected chi connectivity index (χ3v) is 2.68. The number of pyridine rings is 1. The summed E-state index contributed by atoms with van der Waals surface area (Å²) < 4.78 is 5.35. The highest BCUT2D eigenvalue weighted by atomic mass is 16.5. The molecule has 17 heavy (non-hydrogen) atoms. The number of hydrogen-bond donors (Lipinski definition) is 1. The average Bonchev–Trinajstić information content (AvgIpc) is 2.36. The van der Waals surface area contributed by atoms with Crippen molar-refractivity contribution < 1.29 is 9.84 Å². The normalized spacial score (nSPS) is 12.6. The standard InChI is InChI=1S/C14H23NO2/c1-3-8-17-9-7-14(16)10-13-6-5-12(4-2)11-15-13/h5-6,11,14,16H,3-4,7-10H2,1-2H3. The molecule has 0 aliphatic carbocycles. The fraction of sp³-hybridized carbons (Fsp3) is 0.643. The number of rotatable bonds is 8. The van der Waals surface area contributed by atoms with Crippen LogP contribution in [-0.4, -0.2) is 29.4 Å². The molecule has 1 heterocycles. The molecular formula is C14H23NO2. The van der Waals surface area contributed by atoms with Crippen LogP contribution >= 0.6 is 0 Å². The molecule has 3 heteroatoms. The van der Waals surface area contributed by atoms with Gasteiger partial charge in [-0.15, -0.1) is 0 Å². The molecule has 0 saturated carbocycles. The second kappa shape index (κ2) is 8.20. The number of hydrogen-bond acceptors (Lipinski definition) is 3. The van der Waals surface area contributed by atoms with E-state index in [0.29, 0.717) is 19.4 Å². The molecule has 1 N–H and O–H groups in total. The zero-order valence-corrected chi connectivity index (χ0v) is 10.9. The lowest BCUT2D eigenvalue weighted by Gasteiger charge is -2.10. The molecule has 0 spiro atoms. The molecule has 0 radical (unpaired) electrons. The van der Waals surface area contributed by atoms with Crippen molar-refractivity contribution in [3.05, 3.63) is 29.6 Å². The van der Waals surface area contributed by atoms with Gasteiger partial charge in [0.15, 0.2) is 0 Å². The van der Waals surface area contributed by atoms with Gasteiger partial charge in [-0.3, -0.25) is 4.98 Å². The third-order valence-electron chi connectivity index (χ3n) is 2.68. The lowest BCUT2D eigenvalue weighted by molar-refractivity contribution is 0.0820. The van der Waals surface area contributed by atoms with Crippen LogP contribution in [0.3, 0.4) is 0 Å². The summed E-state index contributed by atoms with van der Waals surface area (Å²) in [4.78, 5) is 4.33. The number of nitrogens with zero attached hydrogens (tertiary/aromatic N) is 1. The van der Waals surface area contributed by atoms with Gasteiger partial charge in [-0.2, -0.15) is 0 Å². The van der Waals surface area contributed by atoms with Crippen LogP contribution in [0.1, 0.15) is 37.9 Å². The van der Waals surface area contributed by atoms with Gasteiger partial charge in [-0.25, -0.2) is 0 Å². The summed E-state index contributed by atoms with van der Waals surface area (Å²) in [5, 5.41) is 9.81. The van der Waals surface area contributed by atoms with Crippen molar-refractivity contribution in [1.82, 2.24) is 4.98 Å². The van der Waals surface area contributed by atoms with Gasteiger partial charge in [0.25, 0.3) is 0 Å². The average molecular weight is 237 g/mol. The Balaban J connectivity index is 2.26. The minimum Gasteiger partial charge on any atom is -0.393 e. The molecule has 1 aromatic heterocycles. The van der Waals surface area contributed by atoms with E-state index >= 15 is 0 Å². The summed E-state index contributed by atoms with van der Waals surface area (Å²) in [5.74, 6) is 0. The first-order chi connectivity index (χ1) is 8.26. The highest BCUT2D eigenvalue weighted by molar-refractivity contribution is 5.14. The SMILES string of the molecule is CCCOCCC(O)Cc1ccc(CC)cn1. The first-order valence-electron chi connectivity index (χ1n) is 6.45. The van der Waals surface area contributed by atoms with Crippen molar-refractivity contribution in [1.29, 1.82) is 0 Å². The molecule has 1 atom stereocenters. The predicted octanol–water partition coefficient (Wildman–Crippen LogP) is 2.36. The quantitative estimate of drug-likeness (QED) is 0.706. The maximum absolute atomic E-state index is 9.81. The van der Waals surface area contributed by atoms with Crippen LogP contribution in [0.2, 0.25) is 0 Å². The Morgan fingerprint density at radius 3 is 2.71 bits per heavy atom. The number of aliphatic hydroxyl groups is 1. The Hall–Kier alpha value is -0.930. The van der Waals surface area contributed by atoms with Crippen LogP contribution in [0.25, 0.3) is 0 Å². The van der Waals surface area contributed by atoms with Crippen LogP contribution < -0.4 is 0 Å². The number of aromatic nitrogens is 1. The van der Waals surface area contributed by atoms with E-state index in [2.05, 4.69) is 24.9 Å². The number of ether oxygens (including phenoxy) is 1. The van der Waals surface area contributed by atoms with Gasteiger partial charge in [0.1, 0.15) is 0 Å². The first-order valence-corrected chi connectivity index (χ1v) is 6.45. The fourth-order valence-electron chi connectivity index (χ4n) is 1.59. The highest BCUT2D eigenvalue weighted by Gasteiger charge is 2.06. The van der Waals surface area contributed by atoms with E-state index in [1.165, 1.54) is 5.56 Å². The summed E-state index contributed by atoms with van der Waals surface area (Å²) in [6.07, 6.45) is 4.84. The van der Waals surface area contributed by atoms with Crippen LogP contribution in [0.4, 0.5) is 0 Å². The zero-order chi connectivity index (χ0) is 12.5. The molecular weight excluding hydrogens is 214 g/mol. The fourth-order valence-corrected chi connectivity index (χ4v) is 1.59.